The summed E-state index contributed by atoms with van der Waals surface area (Å²) in [5.41, 5.74) is 0. The number of aliphatic hydroxyl groups excluding tert-OH is 3. The summed E-state index contributed by atoms with van der Waals surface area (Å²) in [7, 11) is 0. The van der Waals surface area contributed by atoms with Crippen LogP contribution in [0, 0.1) is 0 Å². The third kappa shape index (κ3) is 2.49. The van der Waals surface area contributed by atoms with Gasteiger partial charge in [0, 0.05) is 6.07 Å². The lowest BCUT2D eigenvalue weighted by molar-refractivity contribution is -0.242. The van der Waals surface area contributed by atoms with Gasteiger partial charge in [0.1, 0.15) is 24.1 Å². The van der Waals surface area contributed by atoms with Crippen molar-refractivity contribution in [3.63, 3.8) is 0 Å². The Kier molecular flexibility index (Phi) is 3.58. The second-order valence-electron chi connectivity index (χ2n) is 4.02. The second-order valence-corrected chi connectivity index (χ2v) is 4.02. The molecule has 1 aromatic carbocycles. The van der Waals surface area contributed by atoms with Crippen molar-refractivity contribution in [2.75, 3.05) is 6.61 Å². The lowest BCUT2D eigenvalue weighted by atomic mass is 10.1. The first kappa shape index (κ1) is 12.9. The second kappa shape index (κ2) is 4.99. The number of phenolic OH excluding ortho intramolecular Hbond substituents is 2. The Hall–Kier alpha value is -1.54. The molecule has 0 saturated carbocycles. The van der Waals surface area contributed by atoms with Crippen molar-refractivity contribution in [1.29, 1.82) is 0 Å². The molecule has 2 rings (SSSR count). The van der Waals surface area contributed by atoms with E-state index in [1.807, 2.05) is 0 Å². The molecule has 0 aliphatic carbocycles. The van der Waals surface area contributed by atoms with E-state index < -0.39 is 24.6 Å². The van der Waals surface area contributed by atoms with E-state index in [1.165, 1.54) is 12.1 Å². The molecule has 0 radical (unpaired) electrons. The zero-order valence-corrected chi connectivity index (χ0v) is 9.30. The molecule has 1 heterocycles. The van der Waals surface area contributed by atoms with E-state index in [9.17, 15) is 20.4 Å². The van der Waals surface area contributed by atoms with Crippen LogP contribution in [0.3, 0.4) is 0 Å². The van der Waals surface area contributed by atoms with Gasteiger partial charge in [-0.3, -0.25) is 0 Å². The van der Waals surface area contributed by atoms with E-state index in [4.69, 9.17) is 14.6 Å². The standard InChI is InChI=1S/C11H14O7/c12-5-1-2-8(6(13)3-5)18-11-10(16)9(15)7(14)4-17-11/h1-3,7,9-16H,4H2/t7-,9+,10-,11?/m1/s1. The summed E-state index contributed by atoms with van der Waals surface area (Å²) in [5, 5.41) is 46.9. The van der Waals surface area contributed by atoms with Crippen molar-refractivity contribution in [1.82, 2.24) is 0 Å². The number of aliphatic hydroxyl groups is 3. The van der Waals surface area contributed by atoms with Gasteiger partial charge in [0.25, 0.3) is 0 Å². The molecule has 4 atom stereocenters. The Morgan fingerprint density at radius 1 is 1.11 bits per heavy atom. The first-order chi connectivity index (χ1) is 8.49. The highest BCUT2D eigenvalue weighted by atomic mass is 16.7. The van der Waals surface area contributed by atoms with Gasteiger partial charge in [0.15, 0.2) is 11.5 Å². The Balaban J connectivity index is 2.09. The minimum absolute atomic E-state index is 0.0135. The summed E-state index contributed by atoms with van der Waals surface area (Å²) in [4.78, 5) is 0. The Bertz CT molecular complexity index is 422. The summed E-state index contributed by atoms with van der Waals surface area (Å²) >= 11 is 0. The van der Waals surface area contributed by atoms with Crippen LogP contribution in [-0.4, -0.2) is 56.7 Å². The van der Waals surface area contributed by atoms with Crippen LogP contribution in [0.5, 0.6) is 17.2 Å². The summed E-state index contributed by atoms with van der Waals surface area (Å²) in [6.07, 6.45) is -5.22. The molecule has 1 saturated heterocycles. The van der Waals surface area contributed by atoms with Crippen LogP contribution in [0.25, 0.3) is 0 Å². The SMILES string of the molecule is Oc1ccc(OC2OC[C@@H](O)[C@H](O)[C@H]2O)c(O)c1. The molecule has 1 aliphatic rings. The maximum atomic E-state index is 9.62. The molecule has 0 spiro atoms. The molecule has 1 aromatic rings. The minimum atomic E-state index is -1.44. The Morgan fingerprint density at radius 3 is 2.50 bits per heavy atom. The fourth-order valence-corrected chi connectivity index (χ4v) is 1.61. The Morgan fingerprint density at radius 2 is 1.83 bits per heavy atom. The van der Waals surface area contributed by atoms with Gasteiger partial charge in [-0.2, -0.15) is 0 Å². The van der Waals surface area contributed by atoms with Crippen LogP contribution < -0.4 is 4.74 Å². The van der Waals surface area contributed by atoms with E-state index in [1.54, 1.807) is 0 Å². The molecule has 100 valence electrons. The zero-order valence-electron chi connectivity index (χ0n) is 9.30. The number of hydrogen-bond donors (Lipinski definition) is 5. The quantitative estimate of drug-likeness (QED) is 0.457. The molecule has 1 aliphatic heterocycles. The van der Waals surface area contributed by atoms with Crippen molar-refractivity contribution in [3.8, 4) is 17.2 Å². The molecule has 1 unspecified atom stereocenters. The van der Waals surface area contributed by atoms with Gasteiger partial charge in [-0.1, -0.05) is 0 Å². The molecule has 0 bridgehead atoms. The lowest BCUT2D eigenvalue weighted by Gasteiger charge is -2.34. The predicted octanol–water partition coefficient (Wildman–Crippen LogP) is -1.08. The summed E-state index contributed by atoms with van der Waals surface area (Å²) in [6.45, 7) is -0.193. The largest absolute Gasteiger partial charge is 0.508 e. The molecule has 18 heavy (non-hydrogen) atoms. The normalized spacial score (nSPS) is 32.2. The number of hydrogen-bond acceptors (Lipinski definition) is 7. The van der Waals surface area contributed by atoms with E-state index in [0.29, 0.717) is 0 Å². The molecule has 7 heteroatoms. The van der Waals surface area contributed by atoms with Gasteiger partial charge in [-0.25, -0.2) is 0 Å². The smallest absolute Gasteiger partial charge is 0.229 e. The maximum absolute atomic E-state index is 9.62. The Labute approximate surface area is 102 Å². The van der Waals surface area contributed by atoms with Crippen LogP contribution >= 0.6 is 0 Å². The number of rotatable bonds is 2. The van der Waals surface area contributed by atoms with Crippen LogP contribution in [0.4, 0.5) is 0 Å². The van der Waals surface area contributed by atoms with Crippen molar-refractivity contribution < 1.29 is 35.0 Å². The van der Waals surface area contributed by atoms with Crippen LogP contribution in [0.1, 0.15) is 0 Å². The number of phenols is 2. The highest BCUT2D eigenvalue weighted by Crippen LogP contribution is 2.31. The average Bonchev–Trinajstić information content (AvgIpc) is 2.33. The lowest BCUT2D eigenvalue weighted by Crippen LogP contribution is -2.54. The predicted molar refractivity (Wildman–Crippen MR) is 58.2 cm³/mol. The van der Waals surface area contributed by atoms with Gasteiger partial charge in [0.05, 0.1) is 6.61 Å². The number of aromatic hydroxyl groups is 2. The van der Waals surface area contributed by atoms with E-state index in [-0.39, 0.29) is 23.9 Å². The van der Waals surface area contributed by atoms with Crippen LogP contribution in [0.2, 0.25) is 0 Å². The first-order valence-corrected chi connectivity index (χ1v) is 5.33. The van der Waals surface area contributed by atoms with Gasteiger partial charge < -0.3 is 35.0 Å². The van der Waals surface area contributed by atoms with Gasteiger partial charge in [-0.15, -0.1) is 0 Å². The average molecular weight is 258 g/mol. The van der Waals surface area contributed by atoms with E-state index >= 15 is 0 Å². The third-order valence-corrected chi connectivity index (χ3v) is 2.64. The van der Waals surface area contributed by atoms with Crippen molar-refractivity contribution in [2.45, 2.75) is 24.6 Å². The molecule has 0 amide bonds. The summed E-state index contributed by atoms with van der Waals surface area (Å²) < 4.78 is 10.2. The van der Waals surface area contributed by atoms with Crippen molar-refractivity contribution in [2.24, 2.45) is 0 Å². The summed E-state index contributed by atoms with van der Waals surface area (Å²) in [5.74, 6) is -0.479. The third-order valence-electron chi connectivity index (χ3n) is 2.64. The summed E-state index contributed by atoms with van der Waals surface area (Å²) in [6, 6.07) is 3.64. The van der Waals surface area contributed by atoms with Gasteiger partial charge in [-0.05, 0) is 12.1 Å². The van der Waals surface area contributed by atoms with Gasteiger partial charge in [0.2, 0.25) is 6.29 Å². The molecular formula is C11H14O7. The van der Waals surface area contributed by atoms with Crippen LogP contribution in [0.15, 0.2) is 18.2 Å². The number of ether oxygens (including phenoxy) is 2. The molecular weight excluding hydrogens is 244 g/mol. The number of benzene rings is 1. The maximum Gasteiger partial charge on any atom is 0.229 e. The van der Waals surface area contributed by atoms with Crippen molar-refractivity contribution in [3.05, 3.63) is 18.2 Å². The van der Waals surface area contributed by atoms with Crippen molar-refractivity contribution >= 4 is 0 Å². The first-order valence-electron chi connectivity index (χ1n) is 5.33. The molecule has 5 N–H and O–H groups in total. The minimum Gasteiger partial charge on any atom is -0.508 e. The zero-order chi connectivity index (χ0) is 13.3. The highest BCUT2D eigenvalue weighted by Gasteiger charge is 2.39. The fourth-order valence-electron chi connectivity index (χ4n) is 1.61. The molecule has 0 aromatic heterocycles. The fraction of sp³-hybridized carbons (Fsp3) is 0.455. The van der Waals surface area contributed by atoms with E-state index in [2.05, 4.69) is 0 Å². The molecule has 7 nitrogen and oxygen atoms in total. The van der Waals surface area contributed by atoms with E-state index in [0.717, 1.165) is 6.07 Å². The monoisotopic (exact) mass is 258 g/mol. The highest BCUT2D eigenvalue weighted by molar-refractivity contribution is 5.43. The van der Waals surface area contributed by atoms with Gasteiger partial charge >= 0.3 is 0 Å². The van der Waals surface area contributed by atoms with Crippen LogP contribution in [-0.2, 0) is 4.74 Å². The topological polar surface area (TPSA) is 120 Å². The molecule has 1 fully saturated rings.